The number of carbonyl (C=O) groups excluding carboxylic acids is 1. The fourth-order valence-electron chi connectivity index (χ4n) is 8.31. The second kappa shape index (κ2) is 7.02. The van der Waals surface area contributed by atoms with Gasteiger partial charge in [0.1, 0.15) is 11.2 Å². The van der Waals surface area contributed by atoms with Crippen LogP contribution in [-0.2, 0) is 9.53 Å². The molecule has 2 N–H and O–H groups in total. The Morgan fingerprint density at radius 1 is 1.09 bits per heavy atom. The lowest BCUT2D eigenvalue weighted by Crippen LogP contribution is -2.65. The Kier molecular flexibility index (Phi) is 5.00. The number of ketones is 1. The molecule has 0 amide bonds. The summed E-state index contributed by atoms with van der Waals surface area (Å²) in [5.41, 5.74) is -1.11. The summed E-state index contributed by atoms with van der Waals surface area (Å²) in [5, 5.41) is 21.8. The zero-order valence-corrected chi connectivity index (χ0v) is 20.7. The second-order valence-corrected chi connectivity index (χ2v) is 12.7. The molecule has 0 unspecified atom stereocenters. The standard InChI is InChI=1S/C28H42O4/c1-16(2)17(3)7-8-18(4)21-14-24-28(32-24)22-13-23(30)27(31)15-19(29)9-11-25(27,5)20(22)10-12-26(21,28)6/h7-8,13,16-21,24,29,31H,9-12,14-15H2,1-6H3/b8-7+/t17-,18+,19-,20-,21+,24+,25+,26+,27-,28+/m0/s1. The van der Waals surface area contributed by atoms with Crippen molar-refractivity contribution in [3.05, 3.63) is 23.8 Å². The smallest absolute Gasteiger partial charge is 0.187 e. The molecule has 0 radical (unpaired) electrons. The molecule has 4 nitrogen and oxygen atoms in total. The number of hydrogen-bond acceptors (Lipinski definition) is 4. The largest absolute Gasteiger partial charge is 0.393 e. The molecule has 4 heteroatoms. The maximum absolute atomic E-state index is 13.4. The van der Waals surface area contributed by atoms with Gasteiger partial charge < -0.3 is 14.9 Å². The van der Waals surface area contributed by atoms with E-state index >= 15 is 0 Å². The number of carbonyl (C=O) groups is 1. The highest BCUT2D eigenvalue weighted by atomic mass is 16.6. The van der Waals surface area contributed by atoms with E-state index in [1.807, 2.05) is 0 Å². The van der Waals surface area contributed by atoms with E-state index in [2.05, 4.69) is 53.7 Å². The van der Waals surface area contributed by atoms with Gasteiger partial charge >= 0.3 is 0 Å². The third-order valence-electron chi connectivity index (χ3n) is 11.0. The van der Waals surface area contributed by atoms with E-state index in [1.54, 1.807) is 6.08 Å². The average Bonchev–Trinajstić information content (AvgIpc) is 3.39. The molecule has 32 heavy (non-hydrogen) atoms. The molecule has 0 aromatic heterocycles. The van der Waals surface area contributed by atoms with Gasteiger partial charge in [0, 0.05) is 17.3 Å². The Morgan fingerprint density at radius 2 is 1.78 bits per heavy atom. The minimum absolute atomic E-state index is 0.0190. The van der Waals surface area contributed by atoms with Crippen LogP contribution in [0, 0.1) is 40.4 Å². The molecule has 0 aromatic rings. The molecular weight excluding hydrogens is 400 g/mol. The van der Waals surface area contributed by atoms with Gasteiger partial charge in [0.05, 0.1) is 12.2 Å². The van der Waals surface area contributed by atoms with E-state index < -0.39 is 17.1 Å². The Labute approximate surface area is 193 Å². The summed E-state index contributed by atoms with van der Waals surface area (Å²) in [4.78, 5) is 13.4. The number of allylic oxidation sites excluding steroid dienone is 2. The maximum Gasteiger partial charge on any atom is 0.187 e. The summed E-state index contributed by atoms with van der Waals surface area (Å²) in [6.45, 7) is 13.7. The van der Waals surface area contributed by atoms with Gasteiger partial charge in [-0.3, -0.25) is 4.79 Å². The fraction of sp³-hybridized carbons (Fsp3) is 0.821. The topological polar surface area (TPSA) is 70.1 Å². The van der Waals surface area contributed by atoms with Gasteiger partial charge in [0.2, 0.25) is 0 Å². The number of aliphatic hydroxyl groups is 2. The Bertz CT molecular complexity index is 875. The molecule has 1 saturated heterocycles. The first-order valence-corrected chi connectivity index (χ1v) is 12.9. The second-order valence-electron chi connectivity index (χ2n) is 12.7. The summed E-state index contributed by atoms with van der Waals surface area (Å²) < 4.78 is 6.51. The number of rotatable bonds is 4. The van der Waals surface area contributed by atoms with Gasteiger partial charge in [0.15, 0.2) is 5.78 Å². The van der Waals surface area contributed by atoms with Crippen LogP contribution in [0.5, 0.6) is 0 Å². The monoisotopic (exact) mass is 442 g/mol. The number of epoxide rings is 1. The van der Waals surface area contributed by atoms with Crippen LogP contribution in [0.25, 0.3) is 0 Å². The van der Waals surface area contributed by atoms with Crippen molar-refractivity contribution in [2.45, 2.75) is 103 Å². The van der Waals surface area contributed by atoms with E-state index in [0.717, 1.165) is 19.3 Å². The molecule has 1 heterocycles. The predicted octanol–water partition coefficient (Wildman–Crippen LogP) is 4.84. The lowest BCUT2D eigenvalue weighted by atomic mass is 9.45. The molecule has 178 valence electrons. The van der Waals surface area contributed by atoms with Gasteiger partial charge in [-0.15, -0.1) is 0 Å². The van der Waals surface area contributed by atoms with Crippen LogP contribution in [0.3, 0.4) is 0 Å². The number of ether oxygens (including phenoxy) is 1. The van der Waals surface area contributed by atoms with Crippen molar-refractivity contribution in [3.8, 4) is 0 Å². The minimum atomic E-state index is -1.45. The van der Waals surface area contributed by atoms with Crippen molar-refractivity contribution < 1.29 is 19.7 Å². The third kappa shape index (κ3) is 2.69. The number of hydrogen-bond donors (Lipinski definition) is 2. The molecule has 1 spiro atoms. The van der Waals surface area contributed by atoms with Crippen LogP contribution in [0.15, 0.2) is 23.8 Å². The van der Waals surface area contributed by atoms with Gasteiger partial charge in [-0.1, -0.05) is 53.7 Å². The van der Waals surface area contributed by atoms with Crippen molar-refractivity contribution in [2.75, 3.05) is 0 Å². The van der Waals surface area contributed by atoms with Crippen LogP contribution >= 0.6 is 0 Å². The zero-order chi connectivity index (χ0) is 23.3. The molecular formula is C28H42O4. The van der Waals surface area contributed by atoms with Crippen LogP contribution in [-0.4, -0.2) is 39.4 Å². The average molecular weight is 443 g/mol. The minimum Gasteiger partial charge on any atom is -0.393 e. The number of aliphatic hydroxyl groups excluding tert-OH is 1. The molecule has 4 fully saturated rings. The zero-order valence-electron chi connectivity index (χ0n) is 20.7. The summed E-state index contributed by atoms with van der Waals surface area (Å²) in [6.07, 6.45) is 10.8. The van der Waals surface area contributed by atoms with Crippen LogP contribution in [0.4, 0.5) is 0 Å². The molecule has 0 aromatic carbocycles. The third-order valence-corrected chi connectivity index (χ3v) is 11.0. The molecule has 5 aliphatic rings. The molecule has 10 atom stereocenters. The summed E-state index contributed by atoms with van der Waals surface area (Å²) in [7, 11) is 0. The SMILES string of the molecule is CC(C)[C@@H](C)/C=C/[C@@H](C)[C@H]1C[C@H]2O[C@]23C2=CC(=O)[C@@]4(O)C[C@@H](O)CC[C@]4(C)[C@H]2CC[C@]13C. The van der Waals surface area contributed by atoms with Crippen LogP contribution in [0.1, 0.15) is 80.1 Å². The lowest BCUT2D eigenvalue weighted by molar-refractivity contribution is -0.182. The first-order valence-electron chi connectivity index (χ1n) is 12.9. The highest BCUT2D eigenvalue weighted by Gasteiger charge is 2.80. The summed E-state index contributed by atoms with van der Waals surface area (Å²) in [5.74, 6) is 2.17. The van der Waals surface area contributed by atoms with E-state index in [-0.39, 0.29) is 35.2 Å². The van der Waals surface area contributed by atoms with Crippen LogP contribution < -0.4 is 0 Å². The van der Waals surface area contributed by atoms with Crippen molar-refractivity contribution in [1.82, 2.24) is 0 Å². The van der Waals surface area contributed by atoms with E-state index in [9.17, 15) is 15.0 Å². The highest BCUT2D eigenvalue weighted by Crippen LogP contribution is 2.76. The van der Waals surface area contributed by atoms with Crippen molar-refractivity contribution >= 4 is 5.78 Å². The maximum atomic E-state index is 13.4. The van der Waals surface area contributed by atoms with E-state index in [0.29, 0.717) is 36.5 Å². The van der Waals surface area contributed by atoms with Crippen molar-refractivity contribution in [1.29, 1.82) is 0 Å². The predicted molar refractivity (Wildman–Crippen MR) is 125 cm³/mol. The van der Waals surface area contributed by atoms with Gasteiger partial charge in [-0.2, -0.15) is 0 Å². The quantitative estimate of drug-likeness (QED) is 0.483. The van der Waals surface area contributed by atoms with E-state index in [4.69, 9.17) is 4.74 Å². The molecule has 4 aliphatic carbocycles. The molecule has 1 aliphatic heterocycles. The molecule has 3 saturated carbocycles. The van der Waals surface area contributed by atoms with Crippen molar-refractivity contribution in [3.63, 3.8) is 0 Å². The Hall–Kier alpha value is -0.970. The van der Waals surface area contributed by atoms with Gasteiger partial charge in [-0.05, 0) is 73.3 Å². The normalized spacial score (nSPS) is 51.5. The number of fused-ring (bicyclic) bond motifs is 3. The van der Waals surface area contributed by atoms with E-state index in [1.165, 1.54) is 5.57 Å². The summed E-state index contributed by atoms with van der Waals surface area (Å²) in [6, 6.07) is 0. The summed E-state index contributed by atoms with van der Waals surface area (Å²) >= 11 is 0. The van der Waals surface area contributed by atoms with Crippen LogP contribution in [0.2, 0.25) is 0 Å². The van der Waals surface area contributed by atoms with Gasteiger partial charge in [-0.25, -0.2) is 0 Å². The molecule has 5 rings (SSSR count). The first kappa shape index (κ1) is 22.8. The Morgan fingerprint density at radius 3 is 2.47 bits per heavy atom. The highest BCUT2D eigenvalue weighted by molar-refractivity contribution is 6.00. The molecule has 0 bridgehead atoms. The lowest BCUT2D eigenvalue weighted by Gasteiger charge is -2.60. The van der Waals surface area contributed by atoms with Gasteiger partial charge in [0.25, 0.3) is 0 Å². The first-order chi connectivity index (χ1) is 14.9. The Balaban J connectivity index is 1.49. The van der Waals surface area contributed by atoms with Crippen molar-refractivity contribution in [2.24, 2.45) is 40.4 Å². The fourth-order valence-corrected chi connectivity index (χ4v) is 8.31.